The highest BCUT2D eigenvalue weighted by molar-refractivity contribution is 6.33. The van der Waals surface area contributed by atoms with E-state index in [9.17, 15) is 0 Å². The van der Waals surface area contributed by atoms with E-state index in [2.05, 4.69) is 5.32 Å². The second-order valence-corrected chi connectivity index (χ2v) is 4.90. The Morgan fingerprint density at radius 2 is 1.94 bits per heavy atom. The molecule has 0 radical (unpaired) electrons. The average molecular weight is 270 g/mol. The third-order valence-corrected chi connectivity index (χ3v) is 3.49. The second-order valence-electron chi connectivity index (χ2n) is 4.49. The van der Waals surface area contributed by atoms with Gasteiger partial charge < -0.3 is 19.5 Å². The quantitative estimate of drug-likeness (QED) is 0.916. The third kappa shape index (κ3) is 2.49. The molecule has 98 valence electrons. The summed E-state index contributed by atoms with van der Waals surface area (Å²) in [6.45, 7) is 2.80. The van der Waals surface area contributed by atoms with Crippen molar-refractivity contribution in [3.05, 3.63) is 17.2 Å². The Morgan fingerprint density at radius 3 is 2.67 bits per heavy atom. The lowest BCUT2D eigenvalue weighted by Gasteiger charge is -2.20. The maximum Gasteiger partial charge on any atom is 0.163 e. The summed E-state index contributed by atoms with van der Waals surface area (Å²) in [4.78, 5) is 0. The lowest BCUT2D eigenvalue weighted by molar-refractivity contribution is 0.120. The van der Waals surface area contributed by atoms with Crippen LogP contribution < -0.4 is 14.8 Å². The maximum atomic E-state index is 6.21. The Kier molecular flexibility index (Phi) is 3.48. The summed E-state index contributed by atoms with van der Waals surface area (Å²) in [5.74, 6) is 1.47. The first-order valence-electron chi connectivity index (χ1n) is 6.27. The van der Waals surface area contributed by atoms with Gasteiger partial charge in [-0.15, -0.1) is 0 Å². The molecular weight excluding hydrogens is 254 g/mol. The first-order valence-corrected chi connectivity index (χ1v) is 6.65. The van der Waals surface area contributed by atoms with Crippen molar-refractivity contribution in [1.29, 1.82) is 0 Å². The van der Waals surface area contributed by atoms with Crippen LogP contribution >= 0.6 is 11.6 Å². The fourth-order valence-electron chi connectivity index (χ4n) is 2.23. The van der Waals surface area contributed by atoms with Gasteiger partial charge in [0.25, 0.3) is 0 Å². The number of fused-ring (bicyclic) bond motifs is 1. The van der Waals surface area contributed by atoms with E-state index < -0.39 is 0 Å². The number of anilines is 1. The van der Waals surface area contributed by atoms with Crippen LogP contribution in [0.3, 0.4) is 0 Å². The molecule has 2 heterocycles. The largest absolute Gasteiger partial charge is 0.486 e. The Labute approximate surface area is 111 Å². The van der Waals surface area contributed by atoms with Crippen LogP contribution in [0, 0.1) is 0 Å². The molecule has 1 atom stereocenters. The molecule has 1 unspecified atom stereocenters. The van der Waals surface area contributed by atoms with E-state index in [-0.39, 0.29) is 6.10 Å². The molecule has 4 nitrogen and oxygen atoms in total. The fourth-order valence-corrected chi connectivity index (χ4v) is 2.45. The average Bonchev–Trinajstić information content (AvgIpc) is 2.89. The number of hydrogen-bond acceptors (Lipinski definition) is 4. The molecule has 0 amide bonds. The molecule has 1 saturated heterocycles. The molecule has 1 fully saturated rings. The van der Waals surface area contributed by atoms with Crippen LogP contribution in [0.2, 0.25) is 5.02 Å². The van der Waals surface area contributed by atoms with Gasteiger partial charge in [-0.25, -0.2) is 0 Å². The third-order valence-electron chi connectivity index (χ3n) is 3.18. The van der Waals surface area contributed by atoms with Crippen LogP contribution in [0.15, 0.2) is 12.1 Å². The molecule has 0 aliphatic carbocycles. The number of benzene rings is 1. The molecule has 1 N–H and O–H groups in total. The van der Waals surface area contributed by atoms with Gasteiger partial charge in [-0.2, -0.15) is 0 Å². The van der Waals surface area contributed by atoms with Crippen molar-refractivity contribution in [3.63, 3.8) is 0 Å². The van der Waals surface area contributed by atoms with Crippen LogP contribution in [-0.4, -0.2) is 32.5 Å². The Bertz CT molecular complexity index is 432. The second kappa shape index (κ2) is 5.24. The predicted octanol–water partition coefficient (Wildman–Crippen LogP) is 2.70. The van der Waals surface area contributed by atoms with Crippen LogP contribution in [0.4, 0.5) is 5.69 Å². The highest BCUT2D eigenvalue weighted by atomic mass is 35.5. The first-order chi connectivity index (χ1) is 8.83. The van der Waals surface area contributed by atoms with E-state index >= 15 is 0 Å². The maximum absolute atomic E-state index is 6.21. The summed E-state index contributed by atoms with van der Waals surface area (Å²) in [5.41, 5.74) is 0.872. The zero-order valence-corrected chi connectivity index (χ0v) is 10.8. The minimum Gasteiger partial charge on any atom is -0.486 e. The summed E-state index contributed by atoms with van der Waals surface area (Å²) in [6, 6.07) is 3.69. The van der Waals surface area contributed by atoms with E-state index in [4.69, 9.17) is 25.8 Å². The number of hydrogen-bond donors (Lipinski definition) is 1. The van der Waals surface area contributed by atoms with Gasteiger partial charge in [-0.1, -0.05) is 11.6 Å². The zero-order valence-electron chi connectivity index (χ0n) is 10.1. The van der Waals surface area contributed by atoms with Crippen molar-refractivity contribution >= 4 is 17.3 Å². The van der Waals surface area contributed by atoms with E-state index in [0.29, 0.717) is 24.0 Å². The van der Waals surface area contributed by atoms with Crippen molar-refractivity contribution in [2.24, 2.45) is 0 Å². The molecule has 1 aromatic rings. The summed E-state index contributed by atoms with van der Waals surface area (Å²) < 4.78 is 16.6. The summed E-state index contributed by atoms with van der Waals surface area (Å²) >= 11 is 6.21. The van der Waals surface area contributed by atoms with Gasteiger partial charge in [0, 0.05) is 25.3 Å². The summed E-state index contributed by atoms with van der Waals surface area (Å²) in [5, 5.41) is 3.96. The van der Waals surface area contributed by atoms with E-state index in [1.165, 1.54) is 0 Å². The monoisotopic (exact) mass is 269 g/mol. The van der Waals surface area contributed by atoms with Crippen LogP contribution in [0.25, 0.3) is 0 Å². The van der Waals surface area contributed by atoms with Gasteiger partial charge in [0.2, 0.25) is 0 Å². The molecule has 1 aromatic carbocycles. The Hall–Kier alpha value is -1.13. The molecule has 2 aliphatic rings. The minimum absolute atomic E-state index is 0.286. The van der Waals surface area contributed by atoms with Crippen molar-refractivity contribution in [2.75, 3.05) is 31.7 Å². The smallest absolute Gasteiger partial charge is 0.163 e. The predicted molar refractivity (Wildman–Crippen MR) is 69.9 cm³/mol. The van der Waals surface area contributed by atoms with Crippen molar-refractivity contribution in [2.45, 2.75) is 18.9 Å². The lowest BCUT2D eigenvalue weighted by atomic mass is 10.2. The summed E-state index contributed by atoms with van der Waals surface area (Å²) in [7, 11) is 0. The Morgan fingerprint density at radius 1 is 1.17 bits per heavy atom. The number of ether oxygens (including phenoxy) is 3. The number of nitrogens with one attached hydrogen (secondary N) is 1. The van der Waals surface area contributed by atoms with E-state index in [1.54, 1.807) is 6.07 Å². The minimum atomic E-state index is 0.286. The van der Waals surface area contributed by atoms with Gasteiger partial charge >= 0.3 is 0 Å². The fraction of sp³-hybridized carbons (Fsp3) is 0.538. The van der Waals surface area contributed by atoms with Crippen LogP contribution in [0.5, 0.6) is 11.5 Å². The van der Waals surface area contributed by atoms with Gasteiger partial charge in [-0.3, -0.25) is 0 Å². The molecular formula is C13H16ClNO3. The SMILES string of the molecule is Clc1cc2c(cc1NCC1CCCO1)OCCO2. The molecule has 0 bridgehead atoms. The van der Waals surface area contributed by atoms with E-state index in [0.717, 1.165) is 37.4 Å². The number of halogens is 1. The lowest BCUT2D eigenvalue weighted by Crippen LogP contribution is -2.19. The van der Waals surface area contributed by atoms with Gasteiger partial charge in [0.05, 0.1) is 16.8 Å². The van der Waals surface area contributed by atoms with Crippen molar-refractivity contribution < 1.29 is 14.2 Å². The molecule has 0 spiro atoms. The molecule has 3 rings (SSSR count). The highest BCUT2D eigenvalue weighted by Crippen LogP contribution is 2.38. The van der Waals surface area contributed by atoms with Crippen LogP contribution in [-0.2, 0) is 4.74 Å². The topological polar surface area (TPSA) is 39.7 Å². The molecule has 18 heavy (non-hydrogen) atoms. The zero-order chi connectivity index (χ0) is 12.4. The Balaban J connectivity index is 1.70. The van der Waals surface area contributed by atoms with E-state index in [1.807, 2.05) is 6.07 Å². The van der Waals surface area contributed by atoms with Gasteiger partial charge in [0.15, 0.2) is 11.5 Å². The standard InChI is InChI=1S/C13H16ClNO3/c14-10-6-12-13(18-5-4-17-12)7-11(10)15-8-9-2-1-3-16-9/h6-7,9,15H,1-5,8H2. The number of rotatable bonds is 3. The molecule has 2 aliphatic heterocycles. The van der Waals surface area contributed by atoms with Gasteiger partial charge in [-0.05, 0) is 12.8 Å². The first kappa shape index (κ1) is 11.9. The van der Waals surface area contributed by atoms with Crippen LogP contribution in [0.1, 0.15) is 12.8 Å². The summed E-state index contributed by atoms with van der Waals surface area (Å²) in [6.07, 6.45) is 2.53. The van der Waals surface area contributed by atoms with Crippen molar-refractivity contribution in [3.8, 4) is 11.5 Å². The molecule has 5 heteroatoms. The highest BCUT2D eigenvalue weighted by Gasteiger charge is 2.18. The van der Waals surface area contributed by atoms with Crippen molar-refractivity contribution in [1.82, 2.24) is 0 Å². The van der Waals surface area contributed by atoms with Gasteiger partial charge in [0.1, 0.15) is 13.2 Å². The molecule has 0 saturated carbocycles. The normalized spacial score (nSPS) is 21.9. The molecule has 0 aromatic heterocycles.